The topological polar surface area (TPSA) is 115 Å². The zero-order valence-electron chi connectivity index (χ0n) is 32.5. The normalized spacial score (nSPS) is 23.2. The molecule has 12 heteroatoms. The second kappa shape index (κ2) is 15.0. The van der Waals surface area contributed by atoms with Gasteiger partial charge >= 0.3 is 0 Å². The van der Waals surface area contributed by atoms with E-state index >= 15 is 9.59 Å². The number of halogens is 1. The van der Waals surface area contributed by atoms with Crippen LogP contribution in [-0.2, 0) is 15.6 Å². The Morgan fingerprint density at radius 1 is 1.02 bits per heavy atom. The van der Waals surface area contributed by atoms with E-state index in [0.29, 0.717) is 43.1 Å². The zero-order valence-corrected chi connectivity index (χ0v) is 35.1. The predicted octanol–water partition coefficient (Wildman–Crippen LogP) is 8.93. The monoisotopic (exact) mass is 787 g/mol. The van der Waals surface area contributed by atoms with Crippen molar-refractivity contribution in [2.24, 2.45) is 11.8 Å². The minimum absolute atomic E-state index is 0.0920. The van der Waals surface area contributed by atoms with Crippen molar-refractivity contribution in [2.45, 2.75) is 117 Å². The first-order chi connectivity index (χ1) is 24.0. The van der Waals surface area contributed by atoms with Crippen molar-refractivity contribution >= 4 is 47.3 Å². The van der Waals surface area contributed by atoms with Gasteiger partial charge in [-0.1, -0.05) is 47.5 Å². The average molecular weight is 789 g/mol. The van der Waals surface area contributed by atoms with Crippen molar-refractivity contribution in [3.63, 3.8) is 0 Å². The summed E-state index contributed by atoms with van der Waals surface area (Å²) in [4.78, 5) is 35.3. The summed E-state index contributed by atoms with van der Waals surface area (Å²) in [6.45, 7) is 21.2. The fraction of sp³-hybridized carbons (Fsp3) is 0.667. The van der Waals surface area contributed by atoms with Gasteiger partial charge in [0.1, 0.15) is 17.1 Å². The molecule has 1 saturated carbocycles. The largest absolute Gasteiger partial charge is 0.507 e. The summed E-state index contributed by atoms with van der Waals surface area (Å²) in [5.41, 5.74) is 0.937. The Kier molecular flexibility index (Phi) is 11.6. The molecule has 1 aromatic carbocycles. The van der Waals surface area contributed by atoms with Crippen LogP contribution in [0.3, 0.4) is 0 Å². The molecule has 0 spiro atoms. The number of carbonyl (C=O) groups is 2. The van der Waals surface area contributed by atoms with Gasteiger partial charge in [0.05, 0.1) is 30.5 Å². The van der Waals surface area contributed by atoms with Gasteiger partial charge in [-0.3, -0.25) is 14.5 Å². The first kappa shape index (κ1) is 39.5. The lowest BCUT2D eigenvalue weighted by Crippen LogP contribution is -2.68. The number of aliphatic hydroxyl groups excluding tert-OH is 1. The summed E-state index contributed by atoms with van der Waals surface area (Å²) in [6.07, 6.45) is 4.38. The van der Waals surface area contributed by atoms with Gasteiger partial charge in [-0.15, -0.1) is 0 Å². The predicted molar refractivity (Wildman–Crippen MR) is 207 cm³/mol. The Labute approximate surface area is 313 Å². The molecule has 0 bridgehead atoms. The van der Waals surface area contributed by atoms with E-state index in [1.165, 1.54) is 0 Å². The van der Waals surface area contributed by atoms with Crippen molar-refractivity contribution in [3.05, 3.63) is 38.6 Å². The second-order valence-electron chi connectivity index (χ2n) is 16.0. The summed E-state index contributed by atoms with van der Waals surface area (Å²) in [6, 6.07) is 1.40. The molecule has 3 aliphatic rings. The Bertz CT molecular complexity index is 1680. The Morgan fingerprint density at radius 3 is 2.22 bits per heavy atom. The molecule has 0 amide bonds. The third-order valence-electron chi connectivity index (χ3n) is 11.6. The molecule has 0 radical (unpaired) electrons. The van der Waals surface area contributed by atoms with Crippen LogP contribution in [0.25, 0.3) is 5.76 Å². The summed E-state index contributed by atoms with van der Waals surface area (Å²) in [5.74, 6) is -1.08. The molecule has 0 unspecified atom stereocenters. The van der Waals surface area contributed by atoms with Crippen LogP contribution in [0.4, 0.5) is 5.69 Å². The highest BCUT2D eigenvalue weighted by Gasteiger charge is 2.69. The molecule has 10 nitrogen and oxygen atoms in total. The summed E-state index contributed by atoms with van der Waals surface area (Å²) in [5, 5.41) is 16.4. The number of hydrogen-bond donors (Lipinski definition) is 1. The van der Waals surface area contributed by atoms with Gasteiger partial charge in [0, 0.05) is 29.1 Å². The van der Waals surface area contributed by atoms with E-state index in [2.05, 4.69) is 87.5 Å². The Hall–Kier alpha value is -2.67. The van der Waals surface area contributed by atoms with Gasteiger partial charge in [-0.05, 0) is 110 Å². The number of hydrogen-bond acceptors (Lipinski definition) is 10. The van der Waals surface area contributed by atoms with Crippen molar-refractivity contribution < 1.29 is 33.1 Å². The van der Waals surface area contributed by atoms with E-state index in [1.807, 2.05) is 25.1 Å². The van der Waals surface area contributed by atoms with Crippen molar-refractivity contribution in [1.29, 1.82) is 0 Å². The highest BCUT2D eigenvalue weighted by atomic mass is 79.9. The highest BCUT2D eigenvalue weighted by Crippen LogP contribution is 2.60. The van der Waals surface area contributed by atoms with Crippen LogP contribution in [0.1, 0.15) is 114 Å². The Balaban J connectivity index is 1.81. The number of rotatable bonds is 14. The SMILES string of the molecule is CCCCOc1cc(Br)c(N(CC)CC)c2c1C(O)=C1C(=O)[C@]3(O[Si](C)(C)C(C)(C)C)C(=O)c4c(OCCCC)noc4[C@@H](N(C)C)[C@@H]3C[C@@H]1C2. The molecule has 282 valence electrons. The summed E-state index contributed by atoms with van der Waals surface area (Å²) >= 11 is 3.85. The van der Waals surface area contributed by atoms with Gasteiger partial charge in [0.25, 0.3) is 5.88 Å². The minimum atomic E-state index is -2.83. The van der Waals surface area contributed by atoms with Gasteiger partial charge in [0.2, 0.25) is 11.6 Å². The van der Waals surface area contributed by atoms with Gasteiger partial charge in [-0.2, -0.15) is 0 Å². The molecule has 1 aromatic heterocycles. The standard InChI is InChI=1S/C39H58BrN3O7Si/c1-12-16-18-47-27-22-26(40)31(43(14-3)15-4)24-20-23-21-25-32(42(8)9)34-30(37(41-49-34)48-19-17-13-2)36(46)39(25,50-51(10,11)38(5,6)7)35(45)28(23)33(44)29(24)27/h22-23,25,32,44H,12-21H2,1-11H3/t23-,25-,32-,39-/m0/s1. The van der Waals surface area contributed by atoms with Crippen LogP contribution in [0.5, 0.6) is 11.6 Å². The number of anilines is 1. The molecular weight excluding hydrogens is 730 g/mol. The number of unbranched alkanes of at least 4 members (excludes halogenated alkanes) is 2. The lowest BCUT2D eigenvalue weighted by molar-refractivity contribution is -0.140. The summed E-state index contributed by atoms with van der Waals surface area (Å²) < 4.78 is 26.5. The lowest BCUT2D eigenvalue weighted by atomic mass is 9.57. The quantitative estimate of drug-likeness (QED) is 0.113. The molecule has 4 atom stereocenters. The van der Waals surface area contributed by atoms with Gasteiger partial charge in [-0.25, -0.2) is 0 Å². The molecular formula is C39H58BrN3O7Si. The second-order valence-corrected chi connectivity index (χ2v) is 21.6. The Morgan fingerprint density at radius 2 is 1.65 bits per heavy atom. The lowest BCUT2D eigenvalue weighted by Gasteiger charge is -2.55. The van der Waals surface area contributed by atoms with Crippen molar-refractivity contribution in [3.8, 4) is 11.6 Å². The number of nitrogens with zero attached hydrogens (tertiary/aromatic N) is 3. The third-order valence-corrected chi connectivity index (χ3v) is 16.6. The maximum Gasteiger partial charge on any atom is 0.265 e. The first-order valence-corrected chi connectivity index (χ1v) is 22.5. The molecule has 1 N–H and O–H groups in total. The number of ether oxygens (including phenoxy) is 2. The molecule has 2 aromatic rings. The molecule has 5 rings (SSSR count). The number of fused-ring (bicyclic) bond motifs is 4. The van der Waals surface area contributed by atoms with Gasteiger partial charge in [0.15, 0.2) is 19.7 Å². The van der Waals surface area contributed by atoms with Crippen molar-refractivity contribution in [2.75, 3.05) is 45.3 Å². The fourth-order valence-corrected chi connectivity index (χ4v) is 10.0. The van der Waals surface area contributed by atoms with Crippen LogP contribution >= 0.6 is 15.9 Å². The maximum atomic E-state index is 15.7. The zero-order chi connectivity index (χ0) is 37.6. The molecule has 1 fully saturated rings. The van der Waals surface area contributed by atoms with Crippen LogP contribution in [0.15, 0.2) is 20.6 Å². The molecule has 1 heterocycles. The van der Waals surface area contributed by atoms with E-state index in [9.17, 15) is 5.11 Å². The van der Waals surface area contributed by atoms with Crippen LogP contribution in [-0.4, -0.2) is 81.0 Å². The molecule has 51 heavy (non-hydrogen) atoms. The molecule has 0 aliphatic heterocycles. The number of carbonyl (C=O) groups excluding carboxylic acids is 2. The number of aliphatic hydroxyl groups is 1. The van der Waals surface area contributed by atoms with E-state index in [0.717, 1.165) is 54.5 Å². The third kappa shape index (κ3) is 6.61. The van der Waals surface area contributed by atoms with Crippen LogP contribution in [0.2, 0.25) is 18.1 Å². The van der Waals surface area contributed by atoms with E-state index in [1.54, 1.807) is 0 Å². The minimum Gasteiger partial charge on any atom is -0.507 e. The van der Waals surface area contributed by atoms with Crippen LogP contribution in [0, 0.1) is 11.8 Å². The summed E-state index contributed by atoms with van der Waals surface area (Å²) in [7, 11) is 1.04. The van der Waals surface area contributed by atoms with E-state index in [4.69, 9.17) is 18.4 Å². The molecule has 3 aliphatic carbocycles. The van der Waals surface area contributed by atoms with Crippen molar-refractivity contribution in [1.82, 2.24) is 10.1 Å². The van der Waals surface area contributed by atoms with E-state index in [-0.39, 0.29) is 33.7 Å². The smallest absolute Gasteiger partial charge is 0.265 e. The molecule has 0 saturated heterocycles. The van der Waals surface area contributed by atoms with Gasteiger partial charge < -0.3 is 28.4 Å². The van der Waals surface area contributed by atoms with Crippen LogP contribution < -0.4 is 14.4 Å². The van der Waals surface area contributed by atoms with E-state index < -0.39 is 37.4 Å². The average Bonchev–Trinajstić information content (AvgIpc) is 3.46. The number of Topliss-reactive ketones (excluding diaryl/α,β-unsaturated/α-hetero) is 2. The number of aromatic nitrogens is 1. The fourth-order valence-electron chi connectivity index (χ4n) is 7.88. The number of ketones is 2. The first-order valence-electron chi connectivity index (χ1n) is 18.8. The highest BCUT2D eigenvalue weighted by molar-refractivity contribution is 9.10. The number of benzene rings is 1. The maximum absolute atomic E-state index is 15.7.